The van der Waals surface area contributed by atoms with Gasteiger partial charge >= 0.3 is 0 Å². The standard InChI is InChI=1S/C21H26N2O2S2/c1-16(2)27-18-7-5-17(6-8-18)14-21(25)23-11-9-22(10-12-23)15-19(24)20-4-3-13-26-20/h3-8,13,16H,9-12,14-15H2,1-2H3. The maximum absolute atomic E-state index is 12.6. The van der Waals surface area contributed by atoms with Gasteiger partial charge in [0.15, 0.2) is 5.78 Å². The molecule has 4 nitrogen and oxygen atoms in total. The Kier molecular flexibility index (Phi) is 7.10. The first-order valence-corrected chi connectivity index (χ1v) is 11.1. The Labute approximate surface area is 169 Å². The van der Waals surface area contributed by atoms with Gasteiger partial charge in [-0.2, -0.15) is 0 Å². The zero-order valence-corrected chi connectivity index (χ0v) is 17.5. The lowest BCUT2D eigenvalue weighted by atomic mass is 10.1. The number of thiophene rings is 1. The second-order valence-electron chi connectivity index (χ2n) is 7.04. The summed E-state index contributed by atoms with van der Waals surface area (Å²) in [4.78, 5) is 30.9. The molecule has 0 saturated carbocycles. The van der Waals surface area contributed by atoms with Crippen LogP contribution in [-0.2, 0) is 11.2 Å². The van der Waals surface area contributed by atoms with Crippen LogP contribution in [0.5, 0.6) is 0 Å². The second kappa shape index (κ2) is 9.53. The number of ketones is 1. The van der Waals surface area contributed by atoms with Crippen molar-refractivity contribution >= 4 is 34.8 Å². The number of hydrogen-bond donors (Lipinski definition) is 0. The molecule has 0 unspecified atom stereocenters. The zero-order valence-electron chi connectivity index (χ0n) is 15.9. The van der Waals surface area contributed by atoms with Gasteiger partial charge in [0.25, 0.3) is 0 Å². The molecule has 1 amide bonds. The van der Waals surface area contributed by atoms with Crippen LogP contribution in [0, 0.1) is 0 Å². The molecule has 1 aromatic carbocycles. The quantitative estimate of drug-likeness (QED) is 0.521. The van der Waals surface area contributed by atoms with Crippen LogP contribution < -0.4 is 0 Å². The lowest BCUT2D eigenvalue weighted by molar-refractivity contribution is -0.132. The highest BCUT2D eigenvalue weighted by atomic mass is 32.2. The minimum absolute atomic E-state index is 0.170. The van der Waals surface area contributed by atoms with Crippen molar-refractivity contribution in [1.29, 1.82) is 0 Å². The minimum atomic E-state index is 0.170. The molecule has 0 spiro atoms. The van der Waals surface area contributed by atoms with Gasteiger partial charge in [-0.05, 0) is 29.1 Å². The van der Waals surface area contributed by atoms with Crippen molar-refractivity contribution in [2.45, 2.75) is 30.4 Å². The van der Waals surface area contributed by atoms with Crippen LogP contribution in [0.25, 0.3) is 0 Å². The first-order valence-electron chi connectivity index (χ1n) is 9.33. The number of nitrogens with zero attached hydrogens (tertiary/aromatic N) is 2. The molecule has 0 bridgehead atoms. The maximum Gasteiger partial charge on any atom is 0.227 e. The molecule has 27 heavy (non-hydrogen) atoms. The molecule has 3 rings (SSSR count). The van der Waals surface area contributed by atoms with E-state index >= 15 is 0 Å². The fraction of sp³-hybridized carbons (Fsp3) is 0.429. The van der Waals surface area contributed by atoms with Gasteiger partial charge in [0.05, 0.1) is 17.8 Å². The molecule has 144 valence electrons. The van der Waals surface area contributed by atoms with Crippen LogP contribution in [0.1, 0.15) is 29.1 Å². The number of carbonyl (C=O) groups excluding carboxylic acids is 2. The molecule has 0 N–H and O–H groups in total. The SMILES string of the molecule is CC(C)Sc1ccc(CC(=O)N2CCN(CC(=O)c3cccs3)CC2)cc1. The molecule has 0 aliphatic carbocycles. The topological polar surface area (TPSA) is 40.6 Å². The third-order valence-corrected chi connectivity index (χ3v) is 6.47. The fourth-order valence-corrected chi connectivity index (χ4v) is 4.61. The zero-order chi connectivity index (χ0) is 19.2. The summed E-state index contributed by atoms with van der Waals surface area (Å²) in [6, 6.07) is 12.1. The summed E-state index contributed by atoms with van der Waals surface area (Å²) in [5, 5.41) is 2.48. The monoisotopic (exact) mass is 402 g/mol. The van der Waals surface area contributed by atoms with Crippen molar-refractivity contribution in [2.75, 3.05) is 32.7 Å². The predicted octanol–water partition coefficient (Wildman–Crippen LogP) is 3.82. The maximum atomic E-state index is 12.6. The van der Waals surface area contributed by atoms with E-state index in [1.165, 1.54) is 16.2 Å². The van der Waals surface area contributed by atoms with E-state index in [0.717, 1.165) is 23.5 Å². The summed E-state index contributed by atoms with van der Waals surface area (Å²) in [5.41, 5.74) is 1.06. The highest BCUT2D eigenvalue weighted by Crippen LogP contribution is 2.23. The van der Waals surface area contributed by atoms with Crippen molar-refractivity contribution in [1.82, 2.24) is 9.80 Å². The number of rotatable bonds is 7. The number of hydrogen-bond acceptors (Lipinski definition) is 5. The van der Waals surface area contributed by atoms with Crippen LogP contribution in [0.2, 0.25) is 0 Å². The Hall–Kier alpha value is -1.63. The minimum Gasteiger partial charge on any atom is -0.340 e. The Morgan fingerprint density at radius 3 is 2.37 bits per heavy atom. The average Bonchev–Trinajstić information content (AvgIpc) is 3.18. The number of piperazine rings is 1. The molecule has 1 aliphatic heterocycles. The van der Waals surface area contributed by atoms with Crippen molar-refractivity contribution in [2.24, 2.45) is 0 Å². The summed E-state index contributed by atoms with van der Waals surface area (Å²) < 4.78 is 0. The molecular weight excluding hydrogens is 376 g/mol. The summed E-state index contributed by atoms with van der Waals surface area (Å²) >= 11 is 3.32. The number of thioether (sulfide) groups is 1. The summed E-state index contributed by atoms with van der Waals surface area (Å²) in [5.74, 6) is 0.340. The molecule has 1 aliphatic rings. The van der Waals surface area contributed by atoms with E-state index in [1.807, 2.05) is 34.2 Å². The lowest BCUT2D eigenvalue weighted by Gasteiger charge is -2.34. The van der Waals surface area contributed by atoms with Gasteiger partial charge in [-0.1, -0.05) is 32.0 Å². The molecule has 6 heteroatoms. The van der Waals surface area contributed by atoms with E-state index in [9.17, 15) is 9.59 Å². The van der Waals surface area contributed by atoms with Crippen LogP contribution in [0.4, 0.5) is 0 Å². The Morgan fingerprint density at radius 1 is 1.07 bits per heavy atom. The highest BCUT2D eigenvalue weighted by molar-refractivity contribution is 7.99. The fourth-order valence-electron chi connectivity index (χ4n) is 3.12. The number of carbonyl (C=O) groups is 2. The van der Waals surface area contributed by atoms with Gasteiger partial charge in [0.1, 0.15) is 0 Å². The van der Waals surface area contributed by atoms with Gasteiger partial charge in [-0.15, -0.1) is 23.1 Å². The van der Waals surface area contributed by atoms with Crippen LogP contribution >= 0.6 is 23.1 Å². The molecule has 2 heterocycles. The highest BCUT2D eigenvalue weighted by Gasteiger charge is 2.23. The predicted molar refractivity (Wildman–Crippen MR) is 113 cm³/mol. The van der Waals surface area contributed by atoms with Crippen molar-refractivity contribution in [3.8, 4) is 0 Å². The Balaban J connectivity index is 1.45. The number of amides is 1. The van der Waals surface area contributed by atoms with E-state index in [4.69, 9.17) is 0 Å². The smallest absolute Gasteiger partial charge is 0.227 e. The molecule has 0 radical (unpaired) electrons. The van der Waals surface area contributed by atoms with E-state index < -0.39 is 0 Å². The van der Waals surface area contributed by atoms with E-state index in [0.29, 0.717) is 31.3 Å². The molecule has 2 aromatic rings. The Morgan fingerprint density at radius 2 is 1.78 bits per heavy atom. The Bertz CT molecular complexity index is 749. The van der Waals surface area contributed by atoms with Crippen LogP contribution in [0.15, 0.2) is 46.7 Å². The summed E-state index contributed by atoms with van der Waals surface area (Å²) in [6.45, 7) is 7.69. The van der Waals surface area contributed by atoms with Crippen molar-refractivity contribution < 1.29 is 9.59 Å². The van der Waals surface area contributed by atoms with Crippen molar-refractivity contribution in [3.63, 3.8) is 0 Å². The molecule has 1 saturated heterocycles. The first kappa shape index (κ1) is 20.1. The molecular formula is C21H26N2O2S2. The van der Waals surface area contributed by atoms with Gasteiger partial charge in [0, 0.05) is 36.3 Å². The third-order valence-electron chi connectivity index (χ3n) is 4.54. The second-order valence-corrected chi connectivity index (χ2v) is 9.64. The van der Waals surface area contributed by atoms with Gasteiger partial charge < -0.3 is 4.90 Å². The number of benzene rings is 1. The largest absolute Gasteiger partial charge is 0.340 e. The summed E-state index contributed by atoms with van der Waals surface area (Å²) in [7, 11) is 0. The summed E-state index contributed by atoms with van der Waals surface area (Å²) in [6.07, 6.45) is 0.445. The van der Waals surface area contributed by atoms with Crippen LogP contribution in [0.3, 0.4) is 0 Å². The van der Waals surface area contributed by atoms with Gasteiger partial charge in [0.2, 0.25) is 5.91 Å². The van der Waals surface area contributed by atoms with Gasteiger partial charge in [-0.25, -0.2) is 0 Å². The molecule has 0 atom stereocenters. The first-order chi connectivity index (χ1) is 13.0. The lowest BCUT2D eigenvalue weighted by Crippen LogP contribution is -2.50. The normalized spacial score (nSPS) is 15.3. The average molecular weight is 403 g/mol. The van der Waals surface area contributed by atoms with E-state index in [1.54, 1.807) is 0 Å². The van der Waals surface area contributed by atoms with Gasteiger partial charge in [-0.3, -0.25) is 14.5 Å². The molecule has 1 fully saturated rings. The van der Waals surface area contributed by atoms with E-state index in [-0.39, 0.29) is 11.7 Å². The van der Waals surface area contributed by atoms with E-state index in [2.05, 4.69) is 43.0 Å². The third kappa shape index (κ3) is 5.92. The van der Waals surface area contributed by atoms with Crippen molar-refractivity contribution in [3.05, 3.63) is 52.2 Å². The van der Waals surface area contributed by atoms with Crippen LogP contribution in [-0.4, -0.2) is 59.5 Å². The number of Topliss-reactive ketones (excluding diaryl/α,β-unsaturated/α-hetero) is 1. The molecule has 1 aromatic heterocycles.